The zero-order chi connectivity index (χ0) is 20.8. The summed E-state index contributed by atoms with van der Waals surface area (Å²) in [5.41, 5.74) is 9.64. The van der Waals surface area contributed by atoms with E-state index in [2.05, 4.69) is 41.0 Å². The van der Waals surface area contributed by atoms with Crippen LogP contribution in [0.4, 0.5) is 11.5 Å². The van der Waals surface area contributed by atoms with Gasteiger partial charge >= 0.3 is 0 Å². The van der Waals surface area contributed by atoms with Crippen molar-refractivity contribution in [2.45, 2.75) is 39.7 Å². The molecule has 0 spiro atoms. The van der Waals surface area contributed by atoms with Crippen molar-refractivity contribution in [2.24, 2.45) is 0 Å². The van der Waals surface area contributed by atoms with E-state index in [-0.39, 0.29) is 6.04 Å². The Labute approximate surface area is 177 Å². The van der Waals surface area contributed by atoms with Crippen molar-refractivity contribution in [3.63, 3.8) is 0 Å². The molecule has 2 heterocycles. The third-order valence-corrected chi connectivity index (χ3v) is 5.42. The number of nitrogens with one attached hydrogen (secondary N) is 1. The maximum absolute atomic E-state index is 6.34. The summed E-state index contributed by atoms with van der Waals surface area (Å²) in [6.07, 6.45) is 3.87. The number of hydrogen-bond donors (Lipinski definition) is 2. The van der Waals surface area contributed by atoms with Gasteiger partial charge < -0.3 is 16.0 Å². The van der Waals surface area contributed by atoms with Crippen LogP contribution in [0.5, 0.6) is 0 Å². The maximum atomic E-state index is 6.34. The average Bonchev–Trinajstić information content (AvgIpc) is 2.71. The minimum Gasteiger partial charge on any atom is -0.384 e. The van der Waals surface area contributed by atoms with Gasteiger partial charge in [-0.25, -0.2) is 15.0 Å². The molecule has 3 aromatic rings. The predicted molar refractivity (Wildman–Crippen MR) is 122 cm³/mol. The highest BCUT2D eigenvalue weighted by atomic mass is 35.5. The van der Waals surface area contributed by atoms with Gasteiger partial charge in [0.25, 0.3) is 0 Å². The van der Waals surface area contributed by atoms with E-state index in [1.807, 2.05) is 30.3 Å². The molecular formula is C22H29ClN6. The molecule has 0 aliphatic heterocycles. The molecule has 2 aromatic heterocycles. The number of aromatic nitrogens is 3. The lowest BCUT2D eigenvalue weighted by atomic mass is 10.1. The van der Waals surface area contributed by atoms with Crippen molar-refractivity contribution in [3.8, 4) is 11.3 Å². The molecule has 0 saturated carbocycles. The normalized spacial score (nSPS) is 12.4. The largest absolute Gasteiger partial charge is 0.384 e. The van der Waals surface area contributed by atoms with Crippen LogP contribution >= 0.6 is 11.6 Å². The number of fused-ring (bicyclic) bond motifs is 1. The van der Waals surface area contributed by atoms with Gasteiger partial charge in [-0.3, -0.25) is 0 Å². The number of nitrogens with two attached hydrogens (primary N) is 1. The van der Waals surface area contributed by atoms with E-state index >= 15 is 0 Å². The van der Waals surface area contributed by atoms with Crippen LogP contribution in [0.2, 0.25) is 5.02 Å². The van der Waals surface area contributed by atoms with Crippen LogP contribution in [0.3, 0.4) is 0 Å². The van der Waals surface area contributed by atoms with Crippen molar-refractivity contribution in [1.29, 1.82) is 0 Å². The van der Waals surface area contributed by atoms with Gasteiger partial charge in [-0.2, -0.15) is 0 Å². The number of rotatable bonds is 9. The molecule has 0 bridgehead atoms. The summed E-state index contributed by atoms with van der Waals surface area (Å²) in [7, 11) is 0. The van der Waals surface area contributed by atoms with Crippen LogP contribution < -0.4 is 11.1 Å². The Balaban J connectivity index is 1.83. The van der Waals surface area contributed by atoms with Gasteiger partial charge in [0.05, 0.1) is 22.6 Å². The standard InChI is InChI=1S/C22H29ClN6/c1-4-29(5-2)12-8-9-15(3)26-18-13-20(24)28-22-21(18)27-19(14-25-22)16-10-6-7-11-17(16)23/h6-7,10-11,13-15H,4-5,8-9,12H2,1-3H3,(H3,24,25,26,28). The quantitative estimate of drug-likeness (QED) is 0.523. The molecule has 3 rings (SSSR count). The number of halogens is 1. The van der Waals surface area contributed by atoms with Crippen LogP contribution in [-0.2, 0) is 0 Å². The minimum atomic E-state index is 0.279. The molecule has 154 valence electrons. The fourth-order valence-electron chi connectivity index (χ4n) is 3.42. The number of nitrogens with zero attached hydrogens (tertiary/aromatic N) is 4. The minimum absolute atomic E-state index is 0.279. The second-order valence-corrected chi connectivity index (χ2v) is 7.62. The van der Waals surface area contributed by atoms with E-state index in [0.717, 1.165) is 43.7 Å². The molecule has 0 saturated heterocycles. The van der Waals surface area contributed by atoms with E-state index in [1.165, 1.54) is 0 Å². The lowest BCUT2D eigenvalue weighted by Gasteiger charge is -2.20. The van der Waals surface area contributed by atoms with Crippen molar-refractivity contribution < 1.29 is 0 Å². The van der Waals surface area contributed by atoms with Gasteiger partial charge in [-0.15, -0.1) is 0 Å². The maximum Gasteiger partial charge on any atom is 0.182 e. The summed E-state index contributed by atoms with van der Waals surface area (Å²) in [5.74, 6) is 0.426. The Morgan fingerprint density at radius 3 is 2.66 bits per heavy atom. The molecule has 0 fully saturated rings. The van der Waals surface area contributed by atoms with Gasteiger partial charge in [0.2, 0.25) is 0 Å². The summed E-state index contributed by atoms with van der Waals surface area (Å²) in [6, 6.07) is 9.73. The second-order valence-electron chi connectivity index (χ2n) is 7.22. The summed E-state index contributed by atoms with van der Waals surface area (Å²) in [5, 5.41) is 4.20. The van der Waals surface area contributed by atoms with Crippen LogP contribution in [-0.4, -0.2) is 45.5 Å². The number of hydrogen-bond acceptors (Lipinski definition) is 6. The highest BCUT2D eigenvalue weighted by molar-refractivity contribution is 6.33. The topological polar surface area (TPSA) is 80.0 Å². The lowest BCUT2D eigenvalue weighted by molar-refractivity contribution is 0.295. The van der Waals surface area contributed by atoms with Crippen LogP contribution in [0.1, 0.15) is 33.6 Å². The molecule has 1 unspecified atom stereocenters. The Bertz CT molecular complexity index is 957. The molecule has 0 aliphatic rings. The zero-order valence-corrected chi connectivity index (χ0v) is 18.1. The molecule has 1 aromatic carbocycles. The number of benzene rings is 1. The van der Waals surface area contributed by atoms with Gasteiger partial charge in [0.15, 0.2) is 5.65 Å². The molecule has 0 amide bonds. The third kappa shape index (κ3) is 5.34. The van der Waals surface area contributed by atoms with Crippen molar-refractivity contribution >= 4 is 34.3 Å². The summed E-state index contributed by atoms with van der Waals surface area (Å²) in [4.78, 5) is 16.0. The Morgan fingerprint density at radius 1 is 1.17 bits per heavy atom. The Kier molecular flexibility index (Phi) is 7.23. The zero-order valence-electron chi connectivity index (χ0n) is 17.3. The van der Waals surface area contributed by atoms with E-state index in [9.17, 15) is 0 Å². The first kappa shape index (κ1) is 21.3. The molecule has 3 N–H and O–H groups in total. The van der Waals surface area contributed by atoms with Gasteiger partial charge in [-0.05, 0) is 45.5 Å². The molecule has 1 atom stereocenters. The second kappa shape index (κ2) is 9.85. The van der Waals surface area contributed by atoms with Gasteiger partial charge in [0, 0.05) is 17.7 Å². The van der Waals surface area contributed by atoms with Crippen molar-refractivity contribution in [3.05, 3.63) is 41.6 Å². The predicted octanol–water partition coefficient (Wildman–Crippen LogP) is 4.85. The molecule has 6 nitrogen and oxygen atoms in total. The van der Waals surface area contributed by atoms with Crippen LogP contribution in [0.15, 0.2) is 36.5 Å². The van der Waals surface area contributed by atoms with E-state index < -0.39 is 0 Å². The highest BCUT2D eigenvalue weighted by Crippen LogP contribution is 2.29. The van der Waals surface area contributed by atoms with Crippen molar-refractivity contribution in [1.82, 2.24) is 19.9 Å². The number of anilines is 2. The SMILES string of the molecule is CCN(CC)CCCC(C)Nc1cc(N)nc2ncc(-c3ccccc3Cl)nc12. The van der Waals surface area contributed by atoms with Gasteiger partial charge in [-0.1, -0.05) is 43.6 Å². The molecule has 0 aliphatic carbocycles. The summed E-state index contributed by atoms with van der Waals surface area (Å²) in [6.45, 7) is 9.86. The third-order valence-electron chi connectivity index (χ3n) is 5.09. The first-order valence-corrected chi connectivity index (χ1v) is 10.6. The Morgan fingerprint density at radius 2 is 1.93 bits per heavy atom. The van der Waals surface area contributed by atoms with Crippen molar-refractivity contribution in [2.75, 3.05) is 30.7 Å². The average molecular weight is 413 g/mol. The van der Waals surface area contributed by atoms with E-state index in [4.69, 9.17) is 22.3 Å². The molecule has 29 heavy (non-hydrogen) atoms. The monoisotopic (exact) mass is 412 g/mol. The van der Waals surface area contributed by atoms with Crippen LogP contribution in [0, 0.1) is 0 Å². The summed E-state index contributed by atoms with van der Waals surface area (Å²) >= 11 is 6.34. The lowest BCUT2D eigenvalue weighted by Crippen LogP contribution is -2.25. The van der Waals surface area contributed by atoms with Crippen LogP contribution in [0.25, 0.3) is 22.4 Å². The van der Waals surface area contributed by atoms with E-state index in [0.29, 0.717) is 27.7 Å². The highest BCUT2D eigenvalue weighted by Gasteiger charge is 2.13. The number of nitrogen functional groups attached to an aromatic ring is 1. The fraction of sp³-hybridized carbons (Fsp3) is 0.409. The smallest absolute Gasteiger partial charge is 0.182 e. The molecular weight excluding hydrogens is 384 g/mol. The fourth-order valence-corrected chi connectivity index (χ4v) is 3.66. The van der Waals surface area contributed by atoms with Gasteiger partial charge in [0.1, 0.15) is 11.3 Å². The first-order valence-electron chi connectivity index (χ1n) is 10.2. The first-order chi connectivity index (χ1) is 14.0. The molecule has 0 radical (unpaired) electrons. The number of pyridine rings is 1. The summed E-state index contributed by atoms with van der Waals surface area (Å²) < 4.78 is 0. The Hall–Kier alpha value is -2.44. The van der Waals surface area contributed by atoms with E-state index in [1.54, 1.807) is 6.20 Å². The molecule has 7 heteroatoms.